The molecule has 2 rings (SSSR count). The standard InChI is InChI=1S/C16H17NO6/c1-3-11(18)7-8-23-13-6-4-5-10-9-12(16(20)21)15(19)17(22-2)14(10)13/h4-6,9H,3,7-8H2,1-2H3,(H,20,21). The zero-order chi connectivity index (χ0) is 17.0. The van der Waals surface area contributed by atoms with E-state index < -0.39 is 17.1 Å². The maximum Gasteiger partial charge on any atom is 0.341 e. The third-order valence-electron chi connectivity index (χ3n) is 3.39. The molecule has 0 unspecified atom stereocenters. The van der Waals surface area contributed by atoms with Gasteiger partial charge in [-0.1, -0.05) is 19.1 Å². The van der Waals surface area contributed by atoms with Gasteiger partial charge in [-0.05, 0) is 12.1 Å². The molecule has 7 heteroatoms. The molecular weight excluding hydrogens is 302 g/mol. The van der Waals surface area contributed by atoms with Crippen LogP contribution in [-0.2, 0) is 4.79 Å². The molecule has 0 fully saturated rings. The van der Waals surface area contributed by atoms with E-state index >= 15 is 0 Å². The van der Waals surface area contributed by atoms with Gasteiger partial charge in [-0.15, -0.1) is 4.73 Å². The highest BCUT2D eigenvalue weighted by Crippen LogP contribution is 2.25. The summed E-state index contributed by atoms with van der Waals surface area (Å²) in [5.74, 6) is -0.910. The normalized spacial score (nSPS) is 10.5. The number of carbonyl (C=O) groups is 2. The Morgan fingerprint density at radius 3 is 2.65 bits per heavy atom. The van der Waals surface area contributed by atoms with Crippen LogP contribution in [0.2, 0.25) is 0 Å². The van der Waals surface area contributed by atoms with Gasteiger partial charge in [0, 0.05) is 18.2 Å². The van der Waals surface area contributed by atoms with Gasteiger partial charge in [0.2, 0.25) is 0 Å². The van der Waals surface area contributed by atoms with Crippen LogP contribution in [0.15, 0.2) is 29.1 Å². The van der Waals surface area contributed by atoms with Gasteiger partial charge >= 0.3 is 5.97 Å². The third kappa shape index (κ3) is 3.33. The van der Waals surface area contributed by atoms with Crippen molar-refractivity contribution >= 4 is 22.7 Å². The summed E-state index contributed by atoms with van der Waals surface area (Å²) >= 11 is 0. The van der Waals surface area contributed by atoms with E-state index in [-0.39, 0.29) is 18.8 Å². The number of rotatable bonds is 7. The molecule has 1 heterocycles. The Balaban J connectivity index is 2.51. The second-order valence-corrected chi connectivity index (χ2v) is 4.83. The summed E-state index contributed by atoms with van der Waals surface area (Å²) in [6.07, 6.45) is 0.695. The maximum absolute atomic E-state index is 12.2. The van der Waals surface area contributed by atoms with Crippen LogP contribution in [0.1, 0.15) is 30.1 Å². The molecular formula is C16H17NO6. The number of para-hydroxylation sites is 1. The highest BCUT2D eigenvalue weighted by atomic mass is 16.7. The summed E-state index contributed by atoms with van der Waals surface area (Å²) < 4.78 is 6.47. The Labute approximate surface area is 132 Å². The number of aromatic carboxylic acids is 1. The first kappa shape index (κ1) is 16.5. The summed E-state index contributed by atoms with van der Waals surface area (Å²) in [7, 11) is 1.27. The lowest BCUT2D eigenvalue weighted by Gasteiger charge is -2.14. The molecule has 1 aromatic carbocycles. The quantitative estimate of drug-likeness (QED) is 0.831. The van der Waals surface area contributed by atoms with Crippen LogP contribution in [0.25, 0.3) is 10.9 Å². The minimum Gasteiger partial charge on any atom is -0.491 e. The second kappa shape index (κ2) is 6.95. The molecule has 0 radical (unpaired) electrons. The maximum atomic E-state index is 12.2. The van der Waals surface area contributed by atoms with Crippen molar-refractivity contribution in [2.75, 3.05) is 13.7 Å². The van der Waals surface area contributed by atoms with Crippen molar-refractivity contribution in [3.05, 3.63) is 40.2 Å². The number of Topliss-reactive ketones (excluding diaryl/α,β-unsaturated/α-hetero) is 1. The molecule has 0 aliphatic heterocycles. The zero-order valence-corrected chi connectivity index (χ0v) is 12.9. The summed E-state index contributed by atoms with van der Waals surface area (Å²) in [6.45, 7) is 1.95. The van der Waals surface area contributed by atoms with Gasteiger partial charge in [0.05, 0.1) is 6.61 Å². The number of ether oxygens (including phenoxy) is 1. The smallest absolute Gasteiger partial charge is 0.341 e. The average molecular weight is 319 g/mol. The van der Waals surface area contributed by atoms with Crippen molar-refractivity contribution in [3.63, 3.8) is 0 Å². The fraction of sp³-hybridized carbons (Fsp3) is 0.312. The Morgan fingerprint density at radius 1 is 1.30 bits per heavy atom. The predicted octanol–water partition coefficient (Wildman–Crippen LogP) is 1.51. The first-order valence-electron chi connectivity index (χ1n) is 7.10. The van der Waals surface area contributed by atoms with E-state index in [1.165, 1.54) is 13.2 Å². The summed E-state index contributed by atoms with van der Waals surface area (Å²) in [5.41, 5.74) is -0.847. The van der Waals surface area contributed by atoms with E-state index in [2.05, 4.69) is 0 Å². The molecule has 0 atom stereocenters. The van der Waals surface area contributed by atoms with Gasteiger partial charge in [-0.25, -0.2) is 4.79 Å². The molecule has 122 valence electrons. The zero-order valence-electron chi connectivity index (χ0n) is 12.9. The molecule has 23 heavy (non-hydrogen) atoms. The van der Waals surface area contributed by atoms with Gasteiger partial charge in [-0.3, -0.25) is 9.59 Å². The number of hydrogen-bond donors (Lipinski definition) is 1. The highest BCUT2D eigenvalue weighted by Gasteiger charge is 2.18. The van der Waals surface area contributed by atoms with Crippen molar-refractivity contribution in [1.29, 1.82) is 0 Å². The minimum absolute atomic E-state index is 0.0718. The first-order valence-corrected chi connectivity index (χ1v) is 7.10. The number of carboxylic acids is 1. The third-order valence-corrected chi connectivity index (χ3v) is 3.39. The number of pyridine rings is 1. The van der Waals surface area contributed by atoms with Crippen molar-refractivity contribution in [2.24, 2.45) is 0 Å². The molecule has 0 saturated heterocycles. The lowest BCUT2D eigenvalue weighted by molar-refractivity contribution is -0.119. The molecule has 0 bridgehead atoms. The van der Waals surface area contributed by atoms with Crippen molar-refractivity contribution in [3.8, 4) is 5.75 Å². The summed E-state index contributed by atoms with van der Waals surface area (Å²) in [4.78, 5) is 39.7. The molecule has 0 aliphatic rings. The van der Waals surface area contributed by atoms with Gasteiger partial charge in [-0.2, -0.15) is 0 Å². The topological polar surface area (TPSA) is 94.8 Å². The Bertz CT molecular complexity index is 808. The second-order valence-electron chi connectivity index (χ2n) is 4.83. The average Bonchev–Trinajstić information content (AvgIpc) is 2.54. The first-order chi connectivity index (χ1) is 11.0. The number of carbonyl (C=O) groups excluding carboxylic acids is 1. The molecule has 2 aromatic rings. The fourth-order valence-corrected chi connectivity index (χ4v) is 2.20. The lowest BCUT2D eigenvalue weighted by atomic mass is 10.1. The molecule has 0 aliphatic carbocycles. The van der Waals surface area contributed by atoms with Gasteiger partial charge in [0.15, 0.2) is 0 Å². The highest BCUT2D eigenvalue weighted by molar-refractivity contribution is 5.94. The molecule has 0 amide bonds. The van der Waals surface area contributed by atoms with Crippen molar-refractivity contribution in [2.45, 2.75) is 19.8 Å². The molecule has 1 aromatic heterocycles. The molecule has 0 saturated carbocycles. The molecule has 1 N–H and O–H groups in total. The number of nitrogens with zero attached hydrogens (tertiary/aromatic N) is 1. The van der Waals surface area contributed by atoms with Crippen LogP contribution in [0.3, 0.4) is 0 Å². The van der Waals surface area contributed by atoms with Crippen LogP contribution in [0.5, 0.6) is 5.75 Å². The van der Waals surface area contributed by atoms with Crippen molar-refractivity contribution < 1.29 is 24.3 Å². The van der Waals surface area contributed by atoms with Crippen molar-refractivity contribution in [1.82, 2.24) is 4.73 Å². The van der Waals surface area contributed by atoms with E-state index in [0.29, 0.717) is 23.1 Å². The van der Waals surface area contributed by atoms with E-state index in [4.69, 9.17) is 14.7 Å². The summed E-state index contributed by atoms with van der Waals surface area (Å²) in [5, 5.41) is 9.60. The van der Waals surface area contributed by atoms with E-state index in [1.807, 2.05) is 0 Å². The van der Waals surface area contributed by atoms with Crippen LogP contribution < -0.4 is 15.1 Å². The molecule has 0 spiro atoms. The Kier molecular flexibility index (Phi) is 5.00. The number of fused-ring (bicyclic) bond motifs is 1. The van der Waals surface area contributed by atoms with Crippen LogP contribution in [0.4, 0.5) is 0 Å². The van der Waals surface area contributed by atoms with Crippen LogP contribution >= 0.6 is 0 Å². The minimum atomic E-state index is -1.33. The largest absolute Gasteiger partial charge is 0.491 e. The van der Waals surface area contributed by atoms with E-state index in [1.54, 1.807) is 25.1 Å². The van der Waals surface area contributed by atoms with Gasteiger partial charge in [0.1, 0.15) is 29.7 Å². The van der Waals surface area contributed by atoms with Crippen LogP contribution in [0, 0.1) is 0 Å². The van der Waals surface area contributed by atoms with E-state index in [9.17, 15) is 14.4 Å². The SMILES string of the molecule is CCC(=O)CCOc1cccc2cc(C(=O)O)c(=O)n(OC)c12. The monoisotopic (exact) mass is 319 g/mol. The Morgan fingerprint density at radius 2 is 2.04 bits per heavy atom. The number of aromatic nitrogens is 1. The summed E-state index contributed by atoms with van der Waals surface area (Å²) in [6, 6.07) is 6.24. The number of carboxylic acid groups (broad SMARTS) is 1. The molecule has 7 nitrogen and oxygen atoms in total. The predicted molar refractivity (Wildman–Crippen MR) is 83.1 cm³/mol. The van der Waals surface area contributed by atoms with E-state index in [0.717, 1.165) is 4.73 Å². The van der Waals surface area contributed by atoms with Crippen LogP contribution in [-0.4, -0.2) is 35.3 Å². The number of ketones is 1. The number of benzene rings is 1. The fourth-order valence-electron chi connectivity index (χ4n) is 2.20. The Hall–Kier alpha value is -2.83. The lowest BCUT2D eigenvalue weighted by Crippen LogP contribution is -2.30. The van der Waals surface area contributed by atoms with Gasteiger partial charge < -0.3 is 14.7 Å². The van der Waals surface area contributed by atoms with Gasteiger partial charge in [0.25, 0.3) is 5.56 Å². The number of hydrogen-bond acceptors (Lipinski definition) is 5.